The highest BCUT2D eigenvalue weighted by Crippen LogP contribution is 2.29. The lowest BCUT2D eigenvalue weighted by Crippen LogP contribution is -2.27. The summed E-state index contributed by atoms with van der Waals surface area (Å²) in [7, 11) is 0. The zero-order chi connectivity index (χ0) is 13.2. The molecule has 1 atom stereocenters. The molecule has 0 aliphatic heterocycles. The van der Waals surface area contributed by atoms with E-state index in [0.29, 0.717) is 0 Å². The van der Waals surface area contributed by atoms with Crippen molar-refractivity contribution in [2.75, 3.05) is 0 Å². The van der Waals surface area contributed by atoms with E-state index in [1.165, 1.54) is 6.33 Å². The minimum Gasteiger partial charge on any atom is -0.349 e. The van der Waals surface area contributed by atoms with Crippen LogP contribution in [-0.2, 0) is 4.79 Å². The van der Waals surface area contributed by atoms with Crippen molar-refractivity contribution in [1.82, 2.24) is 20.1 Å². The second kappa shape index (κ2) is 4.84. The lowest BCUT2D eigenvalue weighted by Gasteiger charge is -2.14. The van der Waals surface area contributed by atoms with Crippen LogP contribution in [-0.4, -0.2) is 20.7 Å². The molecular formula is C14H16N4O. The molecule has 0 saturated heterocycles. The third-order valence-electron chi connectivity index (χ3n) is 3.38. The topological polar surface area (TPSA) is 59.8 Å². The first kappa shape index (κ1) is 11.9. The molecule has 0 radical (unpaired) electrons. The molecule has 2 aromatic rings. The van der Waals surface area contributed by atoms with E-state index in [4.69, 9.17) is 0 Å². The molecule has 1 aromatic heterocycles. The summed E-state index contributed by atoms with van der Waals surface area (Å²) in [5.41, 5.74) is 2.06. The van der Waals surface area contributed by atoms with E-state index >= 15 is 0 Å². The van der Waals surface area contributed by atoms with Gasteiger partial charge in [-0.1, -0.05) is 12.1 Å². The molecule has 98 valence electrons. The Morgan fingerprint density at radius 2 is 2.11 bits per heavy atom. The highest BCUT2D eigenvalue weighted by molar-refractivity contribution is 5.81. The predicted octanol–water partition coefficient (Wildman–Crippen LogP) is 1.85. The van der Waals surface area contributed by atoms with Crippen molar-refractivity contribution >= 4 is 5.91 Å². The van der Waals surface area contributed by atoms with Gasteiger partial charge in [-0.25, -0.2) is 9.67 Å². The minimum absolute atomic E-state index is 0.0397. The molecule has 0 spiro atoms. The van der Waals surface area contributed by atoms with Gasteiger partial charge in [0.25, 0.3) is 0 Å². The minimum atomic E-state index is 0.0397. The summed E-state index contributed by atoms with van der Waals surface area (Å²) in [6, 6.07) is 8.01. The number of rotatable bonds is 4. The Morgan fingerprint density at radius 3 is 2.68 bits per heavy atom. The molecule has 3 rings (SSSR count). The fourth-order valence-corrected chi connectivity index (χ4v) is 2.02. The predicted molar refractivity (Wildman–Crippen MR) is 70.6 cm³/mol. The largest absolute Gasteiger partial charge is 0.349 e. The smallest absolute Gasteiger partial charge is 0.223 e. The Balaban J connectivity index is 1.69. The molecule has 0 unspecified atom stereocenters. The van der Waals surface area contributed by atoms with Gasteiger partial charge in [0, 0.05) is 5.92 Å². The van der Waals surface area contributed by atoms with Crippen LogP contribution in [0.25, 0.3) is 5.69 Å². The van der Waals surface area contributed by atoms with E-state index in [1.807, 2.05) is 31.2 Å². The van der Waals surface area contributed by atoms with Gasteiger partial charge in [-0.05, 0) is 37.5 Å². The standard InChI is InChI=1S/C14H16N4O/c1-10(17-14(19)12-2-3-12)11-4-6-13(7-5-11)18-9-15-8-16-18/h4-10,12H,2-3H2,1H3,(H,17,19)/t10-/m0/s1. The van der Waals surface area contributed by atoms with E-state index in [2.05, 4.69) is 15.4 Å². The summed E-state index contributed by atoms with van der Waals surface area (Å²) >= 11 is 0. The van der Waals surface area contributed by atoms with Crippen LogP contribution in [0.5, 0.6) is 0 Å². The van der Waals surface area contributed by atoms with E-state index < -0.39 is 0 Å². The van der Waals surface area contributed by atoms with Gasteiger partial charge in [-0.3, -0.25) is 4.79 Å². The first-order chi connectivity index (χ1) is 9.24. The van der Waals surface area contributed by atoms with Crippen LogP contribution in [0.3, 0.4) is 0 Å². The van der Waals surface area contributed by atoms with E-state index in [9.17, 15) is 4.79 Å². The molecule has 1 heterocycles. The molecule has 1 aliphatic rings. The maximum absolute atomic E-state index is 11.7. The summed E-state index contributed by atoms with van der Waals surface area (Å²) in [5, 5.41) is 7.12. The van der Waals surface area contributed by atoms with Crippen LogP contribution in [0.4, 0.5) is 0 Å². The van der Waals surface area contributed by atoms with Gasteiger partial charge in [0.1, 0.15) is 12.7 Å². The number of carbonyl (C=O) groups is 1. The van der Waals surface area contributed by atoms with Gasteiger partial charge >= 0.3 is 0 Å². The van der Waals surface area contributed by atoms with Crippen LogP contribution in [0.2, 0.25) is 0 Å². The van der Waals surface area contributed by atoms with Crippen molar-refractivity contribution in [3.05, 3.63) is 42.5 Å². The van der Waals surface area contributed by atoms with Crippen molar-refractivity contribution < 1.29 is 4.79 Å². The van der Waals surface area contributed by atoms with Crippen LogP contribution in [0, 0.1) is 5.92 Å². The van der Waals surface area contributed by atoms with Gasteiger partial charge in [-0.2, -0.15) is 5.10 Å². The highest BCUT2D eigenvalue weighted by Gasteiger charge is 2.30. The van der Waals surface area contributed by atoms with Crippen molar-refractivity contribution in [3.63, 3.8) is 0 Å². The number of hydrogen-bond donors (Lipinski definition) is 1. The normalized spacial score (nSPS) is 16.1. The Bertz CT molecular complexity index is 558. The molecule has 5 nitrogen and oxygen atoms in total. The summed E-state index contributed by atoms with van der Waals surface area (Å²) in [5.74, 6) is 0.421. The molecule has 1 amide bonds. The zero-order valence-corrected chi connectivity index (χ0v) is 10.8. The summed E-state index contributed by atoms with van der Waals surface area (Å²) in [6.07, 6.45) is 5.23. The molecule has 1 fully saturated rings. The maximum Gasteiger partial charge on any atom is 0.223 e. The second-order valence-electron chi connectivity index (χ2n) is 4.94. The number of nitrogens with zero attached hydrogens (tertiary/aromatic N) is 3. The first-order valence-electron chi connectivity index (χ1n) is 6.49. The molecular weight excluding hydrogens is 240 g/mol. The number of amides is 1. The molecule has 19 heavy (non-hydrogen) atoms. The van der Waals surface area contributed by atoms with Crippen LogP contribution < -0.4 is 5.32 Å². The number of aromatic nitrogens is 3. The Labute approximate surface area is 111 Å². The van der Waals surface area contributed by atoms with Crippen molar-refractivity contribution in [2.24, 2.45) is 5.92 Å². The van der Waals surface area contributed by atoms with E-state index in [-0.39, 0.29) is 17.9 Å². The average Bonchev–Trinajstić information content (AvgIpc) is 3.14. The summed E-state index contributed by atoms with van der Waals surface area (Å²) in [4.78, 5) is 15.6. The first-order valence-corrected chi connectivity index (χ1v) is 6.49. The van der Waals surface area contributed by atoms with Gasteiger partial charge in [-0.15, -0.1) is 0 Å². The van der Waals surface area contributed by atoms with Crippen LogP contribution in [0.15, 0.2) is 36.9 Å². The maximum atomic E-state index is 11.7. The Hall–Kier alpha value is -2.17. The summed E-state index contributed by atoms with van der Waals surface area (Å²) in [6.45, 7) is 2.00. The van der Waals surface area contributed by atoms with Crippen molar-refractivity contribution in [3.8, 4) is 5.69 Å². The third kappa shape index (κ3) is 2.65. The van der Waals surface area contributed by atoms with Crippen LogP contribution >= 0.6 is 0 Å². The van der Waals surface area contributed by atoms with Crippen LogP contribution in [0.1, 0.15) is 31.4 Å². The summed E-state index contributed by atoms with van der Waals surface area (Å²) < 4.78 is 1.71. The van der Waals surface area contributed by atoms with Crippen molar-refractivity contribution in [1.29, 1.82) is 0 Å². The number of nitrogens with one attached hydrogen (secondary N) is 1. The zero-order valence-electron chi connectivity index (χ0n) is 10.8. The Morgan fingerprint density at radius 1 is 1.37 bits per heavy atom. The van der Waals surface area contributed by atoms with E-state index in [1.54, 1.807) is 11.0 Å². The quantitative estimate of drug-likeness (QED) is 0.908. The SMILES string of the molecule is C[C@H](NC(=O)C1CC1)c1ccc(-n2cncn2)cc1. The molecule has 1 N–H and O–H groups in total. The molecule has 5 heteroatoms. The number of benzene rings is 1. The number of hydrogen-bond acceptors (Lipinski definition) is 3. The Kier molecular flexibility index (Phi) is 3.03. The molecule has 1 aromatic carbocycles. The van der Waals surface area contributed by atoms with E-state index in [0.717, 1.165) is 24.1 Å². The number of carbonyl (C=O) groups excluding carboxylic acids is 1. The molecule has 1 aliphatic carbocycles. The van der Waals surface area contributed by atoms with Gasteiger partial charge < -0.3 is 5.32 Å². The third-order valence-corrected chi connectivity index (χ3v) is 3.38. The second-order valence-corrected chi connectivity index (χ2v) is 4.94. The average molecular weight is 256 g/mol. The van der Waals surface area contributed by atoms with Crippen molar-refractivity contribution in [2.45, 2.75) is 25.8 Å². The van der Waals surface area contributed by atoms with Gasteiger partial charge in [0.15, 0.2) is 0 Å². The molecule has 1 saturated carbocycles. The van der Waals surface area contributed by atoms with Gasteiger partial charge in [0.05, 0.1) is 11.7 Å². The lowest BCUT2D eigenvalue weighted by atomic mass is 10.1. The molecule has 0 bridgehead atoms. The highest BCUT2D eigenvalue weighted by atomic mass is 16.2. The fraction of sp³-hybridized carbons (Fsp3) is 0.357. The lowest BCUT2D eigenvalue weighted by molar-refractivity contribution is -0.122. The van der Waals surface area contributed by atoms with Gasteiger partial charge in [0.2, 0.25) is 5.91 Å². The monoisotopic (exact) mass is 256 g/mol. The fourth-order valence-electron chi connectivity index (χ4n) is 2.02.